The van der Waals surface area contributed by atoms with Gasteiger partial charge in [0.2, 0.25) is 0 Å². The lowest BCUT2D eigenvalue weighted by molar-refractivity contribution is -0.139. The molecule has 0 unspecified atom stereocenters. The molecule has 0 radical (unpaired) electrons. The Hall–Kier alpha value is -4.46. The van der Waals surface area contributed by atoms with E-state index in [1.165, 1.54) is 18.4 Å². The number of benzene rings is 3. The van der Waals surface area contributed by atoms with Crippen molar-refractivity contribution >= 4 is 39.3 Å². The minimum Gasteiger partial charge on any atom is -0.493 e. The monoisotopic (exact) mass is 657 g/mol. The second kappa shape index (κ2) is 12.8. The molecule has 1 atom stereocenters. The Morgan fingerprint density at radius 3 is 2.60 bits per heavy atom. The number of hydrogen-bond acceptors (Lipinski definition) is 8. The van der Waals surface area contributed by atoms with Gasteiger partial charge >= 0.3 is 5.97 Å². The summed E-state index contributed by atoms with van der Waals surface area (Å²) in [6, 6.07) is 20.1. The van der Waals surface area contributed by atoms with Crippen LogP contribution in [0.5, 0.6) is 11.5 Å². The van der Waals surface area contributed by atoms with Crippen molar-refractivity contribution < 1.29 is 19.0 Å². The number of halogens is 1. The molecule has 0 bridgehead atoms. The maximum absolute atomic E-state index is 13.9. The molecule has 0 saturated heterocycles. The van der Waals surface area contributed by atoms with Gasteiger partial charge in [-0.05, 0) is 72.1 Å². The van der Waals surface area contributed by atoms with Gasteiger partial charge in [-0.15, -0.1) is 0 Å². The van der Waals surface area contributed by atoms with Crippen molar-refractivity contribution in [3.8, 4) is 17.6 Å². The fourth-order valence-corrected chi connectivity index (χ4v) is 6.50. The van der Waals surface area contributed by atoms with Gasteiger partial charge in [-0.2, -0.15) is 5.26 Å². The lowest BCUT2D eigenvalue weighted by Gasteiger charge is -2.24. The summed E-state index contributed by atoms with van der Waals surface area (Å²) < 4.78 is 19.7. The smallest absolute Gasteiger partial charge is 0.338 e. The zero-order chi connectivity index (χ0) is 30.7. The molecule has 1 aliphatic heterocycles. The Balaban J connectivity index is 1.57. The third-order valence-electron chi connectivity index (χ3n) is 6.97. The average Bonchev–Trinajstić information content (AvgIpc) is 3.30. The first kappa shape index (κ1) is 30.0. The lowest BCUT2D eigenvalue weighted by Crippen LogP contribution is -2.39. The van der Waals surface area contributed by atoms with Gasteiger partial charge in [0.05, 0.1) is 51.7 Å². The average molecular weight is 659 g/mol. The number of hydrogen-bond donors (Lipinski definition) is 0. The number of aromatic nitrogens is 1. The van der Waals surface area contributed by atoms with Gasteiger partial charge in [0.1, 0.15) is 6.61 Å². The molecule has 5 rings (SSSR count). The van der Waals surface area contributed by atoms with Crippen LogP contribution in [0.2, 0.25) is 0 Å². The molecule has 0 N–H and O–H groups in total. The molecule has 0 amide bonds. The molecule has 43 heavy (non-hydrogen) atoms. The van der Waals surface area contributed by atoms with E-state index in [9.17, 15) is 14.9 Å². The van der Waals surface area contributed by atoms with Crippen LogP contribution in [-0.4, -0.2) is 24.3 Å². The third-order valence-corrected chi connectivity index (χ3v) is 8.54. The maximum Gasteiger partial charge on any atom is 0.338 e. The molecule has 4 aromatic rings. The van der Waals surface area contributed by atoms with E-state index in [2.05, 4.69) is 27.0 Å². The number of rotatable bonds is 8. The van der Waals surface area contributed by atoms with Gasteiger partial charge in [-0.3, -0.25) is 9.36 Å². The first-order valence-corrected chi connectivity index (χ1v) is 15.1. The van der Waals surface area contributed by atoms with Crippen LogP contribution in [0.3, 0.4) is 0 Å². The Bertz CT molecular complexity index is 1970. The predicted octanol–water partition coefficient (Wildman–Crippen LogP) is 5.33. The van der Waals surface area contributed by atoms with Crippen LogP contribution in [0.25, 0.3) is 6.08 Å². The normalized spacial score (nSPS) is 14.5. The number of methoxy groups -OCH3 is 1. The number of thiazole rings is 1. The van der Waals surface area contributed by atoms with E-state index in [-0.39, 0.29) is 18.8 Å². The van der Waals surface area contributed by atoms with E-state index in [1.54, 1.807) is 42.7 Å². The summed E-state index contributed by atoms with van der Waals surface area (Å²) in [5.41, 5.74) is 4.43. The van der Waals surface area contributed by atoms with E-state index in [0.717, 1.165) is 16.7 Å². The Labute approximate surface area is 260 Å². The summed E-state index contributed by atoms with van der Waals surface area (Å²) >= 11 is 4.83. The summed E-state index contributed by atoms with van der Waals surface area (Å²) in [6.07, 6.45) is 1.77. The summed E-state index contributed by atoms with van der Waals surface area (Å²) in [5.74, 6) is 0.439. The van der Waals surface area contributed by atoms with Crippen LogP contribution in [0.4, 0.5) is 0 Å². The van der Waals surface area contributed by atoms with Crippen molar-refractivity contribution in [2.24, 2.45) is 4.99 Å². The van der Waals surface area contributed by atoms with Crippen LogP contribution in [0.1, 0.15) is 47.7 Å². The summed E-state index contributed by atoms with van der Waals surface area (Å²) in [5, 5.41) is 9.40. The third kappa shape index (κ3) is 6.05. The van der Waals surface area contributed by atoms with Gasteiger partial charge in [-0.25, -0.2) is 9.79 Å². The van der Waals surface area contributed by atoms with Gasteiger partial charge in [0.15, 0.2) is 16.3 Å². The molecule has 0 spiro atoms. The predicted molar refractivity (Wildman–Crippen MR) is 168 cm³/mol. The molecule has 0 fully saturated rings. The molecule has 3 aromatic carbocycles. The number of carbonyl (C=O) groups excluding carboxylic acids is 1. The molecule has 1 aliphatic rings. The number of nitriles is 1. The van der Waals surface area contributed by atoms with E-state index in [0.29, 0.717) is 47.7 Å². The molecule has 218 valence electrons. The first-order valence-electron chi connectivity index (χ1n) is 13.5. The Kier molecular flexibility index (Phi) is 8.94. The Morgan fingerprint density at radius 1 is 1.16 bits per heavy atom. The lowest BCUT2D eigenvalue weighted by atomic mass is 9.95. The van der Waals surface area contributed by atoms with E-state index < -0.39 is 12.0 Å². The van der Waals surface area contributed by atoms with Crippen LogP contribution in [0.15, 0.2) is 86.2 Å². The van der Waals surface area contributed by atoms with Crippen LogP contribution in [0, 0.1) is 18.3 Å². The molecule has 2 heterocycles. The van der Waals surface area contributed by atoms with E-state index >= 15 is 0 Å². The molecule has 0 saturated carbocycles. The Morgan fingerprint density at radius 2 is 1.91 bits per heavy atom. The quantitative estimate of drug-likeness (QED) is 0.237. The minimum atomic E-state index is -0.675. The molecule has 10 heteroatoms. The maximum atomic E-state index is 13.9. The van der Waals surface area contributed by atoms with Crippen molar-refractivity contribution in [2.75, 3.05) is 13.7 Å². The largest absolute Gasteiger partial charge is 0.493 e. The highest BCUT2D eigenvalue weighted by Gasteiger charge is 2.33. The highest BCUT2D eigenvalue weighted by molar-refractivity contribution is 9.10. The van der Waals surface area contributed by atoms with Crippen molar-refractivity contribution in [3.05, 3.63) is 124 Å². The van der Waals surface area contributed by atoms with Crippen molar-refractivity contribution in [2.45, 2.75) is 33.4 Å². The van der Waals surface area contributed by atoms with Crippen LogP contribution >= 0.6 is 27.3 Å². The van der Waals surface area contributed by atoms with Gasteiger partial charge in [0.25, 0.3) is 5.56 Å². The van der Waals surface area contributed by atoms with Crippen LogP contribution < -0.4 is 24.4 Å². The van der Waals surface area contributed by atoms with Crippen LogP contribution in [-0.2, 0) is 16.1 Å². The molecule has 0 aliphatic carbocycles. The molecular weight excluding hydrogens is 630 g/mol. The van der Waals surface area contributed by atoms with Crippen molar-refractivity contribution in [3.63, 3.8) is 0 Å². The van der Waals surface area contributed by atoms with Gasteiger partial charge in [-0.1, -0.05) is 59.4 Å². The number of carbonyl (C=O) groups is 1. The zero-order valence-corrected chi connectivity index (χ0v) is 26.4. The summed E-state index contributed by atoms with van der Waals surface area (Å²) in [6.45, 7) is 5.88. The number of ether oxygens (including phenoxy) is 3. The highest BCUT2D eigenvalue weighted by atomic mass is 79.9. The number of allylic oxidation sites excluding steroid dienone is 1. The number of aryl methyl sites for hydroxylation is 1. The van der Waals surface area contributed by atoms with Crippen molar-refractivity contribution in [1.29, 1.82) is 5.26 Å². The zero-order valence-electron chi connectivity index (χ0n) is 24.0. The number of nitrogens with zero attached hydrogens (tertiary/aromatic N) is 3. The SMILES string of the molecule is CCOC(=O)C1=C(C)N=c2s/c(=C/c3cc(Br)c(OCc4ccccc4C#N)c(OC)c3)c(=O)n2[C@@H]1c1ccc(C)cc1. The minimum absolute atomic E-state index is 0.178. The number of fused-ring (bicyclic) bond motifs is 1. The number of esters is 1. The van der Waals surface area contributed by atoms with E-state index in [4.69, 9.17) is 14.2 Å². The highest BCUT2D eigenvalue weighted by Crippen LogP contribution is 2.37. The van der Waals surface area contributed by atoms with E-state index in [1.807, 2.05) is 49.4 Å². The standard InChI is InChI=1S/C33H28BrN3O5S/c1-5-41-32(39)28-20(3)36-33-37(29(28)22-12-10-19(2)11-13-22)31(38)27(43-33)16-21-14-25(34)30(26(15-21)40-4)42-18-24-9-7-6-8-23(24)17-35/h6-16,29H,5,18H2,1-4H3/b27-16+/t29-/m1/s1. The van der Waals surface area contributed by atoms with Gasteiger partial charge < -0.3 is 14.2 Å². The van der Waals surface area contributed by atoms with Gasteiger partial charge in [0, 0.05) is 5.56 Å². The molecular formula is C33H28BrN3O5S. The summed E-state index contributed by atoms with van der Waals surface area (Å²) in [4.78, 5) is 32.2. The fourth-order valence-electron chi connectivity index (χ4n) is 4.88. The molecule has 8 nitrogen and oxygen atoms in total. The fraction of sp³-hybridized carbons (Fsp3) is 0.212. The first-order chi connectivity index (χ1) is 20.7. The van der Waals surface area contributed by atoms with Crippen molar-refractivity contribution in [1.82, 2.24) is 4.57 Å². The second-order valence-corrected chi connectivity index (χ2v) is 11.7. The molecule has 1 aromatic heterocycles. The second-order valence-electron chi connectivity index (χ2n) is 9.80. The summed E-state index contributed by atoms with van der Waals surface area (Å²) in [7, 11) is 1.54. The topological polar surface area (TPSA) is 103 Å².